The van der Waals surface area contributed by atoms with Crippen molar-refractivity contribution in [1.29, 1.82) is 0 Å². The fourth-order valence-electron chi connectivity index (χ4n) is 2.02. The van der Waals surface area contributed by atoms with Gasteiger partial charge in [-0.1, -0.05) is 6.07 Å². The van der Waals surface area contributed by atoms with E-state index in [0.717, 1.165) is 30.4 Å². The van der Waals surface area contributed by atoms with Crippen LogP contribution in [0, 0.1) is 0 Å². The van der Waals surface area contributed by atoms with Gasteiger partial charge in [0.25, 0.3) is 0 Å². The van der Waals surface area contributed by atoms with Gasteiger partial charge in [0.1, 0.15) is 0 Å². The van der Waals surface area contributed by atoms with Crippen molar-refractivity contribution < 1.29 is 14.6 Å². The third kappa shape index (κ3) is 1.88. The summed E-state index contributed by atoms with van der Waals surface area (Å²) in [7, 11) is 1.36. The van der Waals surface area contributed by atoms with E-state index in [9.17, 15) is 9.90 Å². The maximum absolute atomic E-state index is 11.3. The molecule has 0 amide bonds. The molecule has 0 spiro atoms. The number of rotatable bonds is 1. The smallest absolute Gasteiger partial charge is 0.337 e. The molecule has 0 fully saturated rings. The number of benzene rings is 1. The first-order valence-corrected chi connectivity index (χ1v) is 5.11. The lowest BCUT2D eigenvalue weighted by molar-refractivity contribution is 0.0600. The molecule has 1 atom stereocenters. The van der Waals surface area contributed by atoms with E-state index < -0.39 is 6.10 Å². The SMILES string of the molecule is COC(=O)c1ccc2c(c1)[C@@H](O)CCC2. The number of hydrogen-bond donors (Lipinski definition) is 1. The molecule has 0 unspecified atom stereocenters. The van der Waals surface area contributed by atoms with Crippen molar-refractivity contribution in [3.8, 4) is 0 Å². The topological polar surface area (TPSA) is 46.5 Å². The van der Waals surface area contributed by atoms with E-state index >= 15 is 0 Å². The van der Waals surface area contributed by atoms with Crippen LogP contribution in [0.4, 0.5) is 0 Å². The van der Waals surface area contributed by atoms with Gasteiger partial charge in [0.15, 0.2) is 0 Å². The monoisotopic (exact) mass is 206 g/mol. The Morgan fingerprint density at radius 2 is 2.33 bits per heavy atom. The molecule has 1 aromatic carbocycles. The Bertz CT molecular complexity index is 384. The Morgan fingerprint density at radius 1 is 1.53 bits per heavy atom. The van der Waals surface area contributed by atoms with Gasteiger partial charge in [0, 0.05) is 0 Å². The fourth-order valence-corrected chi connectivity index (χ4v) is 2.02. The molecule has 0 radical (unpaired) electrons. The number of fused-ring (bicyclic) bond motifs is 1. The second-order valence-electron chi connectivity index (χ2n) is 3.81. The summed E-state index contributed by atoms with van der Waals surface area (Å²) in [5.74, 6) is -0.351. The normalized spacial score (nSPS) is 19.5. The molecule has 0 saturated carbocycles. The summed E-state index contributed by atoms with van der Waals surface area (Å²) in [4.78, 5) is 11.3. The lowest BCUT2D eigenvalue weighted by atomic mass is 9.88. The van der Waals surface area contributed by atoms with Crippen LogP contribution in [0.2, 0.25) is 0 Å². The third-order valence-corrected chi connectivity index (χ3v) is 2.85. The summed E-state index contributed by atoms with van der Waals surface area (Å²) in [5, 5.41) is 9.79. The highest BCUT2D eigenvalue weighted by molar-refractivity contribution is 5.89. The van der Waals surface area contributed by atoms with E-state index in [1.165, 1.54) is 7.11 Å². The van der Waals surface area contributed by atoms with E-state index in [-0.39, 0.29) is 5.97 Å². The molecule has 0 aromatic heterocycles. The van der Waals surface area contributed by atoms with E-state index in [1.54, 1.807) is 12.1 Å². The van der Waals surface area contributed by atoms with Gasteiger partial charge in [-0.05, 0) is 42.5 Å². The maximum Gasteiger partial charge on any atom is 0.337 e. The Morgan fingerprint density at radius 3 is 3.07 bits per heavy atom. The van der Waals surface area contributed by atoms with Crippen molar-refractivity contribution in [3.63, 3.8) is 0 Å². The molecule has 0 bridgehead atoms. The number of aliphatic hydroxyl groups is 1. The maximum atomic E-state index is 11.3. The highest BCUT2D eigenvalue weighted by Gasteiger charge is 2.19. The van der Waals surface area contributed by atoms with E-state index in [0.29, 0.717) is 5.56 Å². The first-order valence-electron chi connectivity index (χ1n) is 5.11. The van der Waals surface area contributed by atoms with Crippen molar-refractivity contribution in [2.45, 2.75) is 25.4 Å². The Balaban J connectivity index is 2.39. The van der Waals surface area contributed by atoms with E-state index in [1.807, 2.05) is 6.07 Å². The highest BCUT2D eigenvalue weighted by atomic mass is 16.5. The van der Waals surface area contributed by atoms with Crippen molar-refractivity contribution in [1.82, 2.24) is 0 Å². The average Bonchev–Trinajstić information content (AvgIpc) is 2.28. The van der Waals surface area contributed by atoms with Crippen LogP contribution in [-0.4, -0.2) is 18.2 Å². The molecule has 1 aromatic rings. The minimum absolute atomic E-state index is 0.351. The summed E-state index contributed by atoms with van der Waals surface area (Å²) >= 11 is 0. The molecular weight excluding hydrogens is 192 g/mol. The molecule has 1 aliphatic rings. The Labute approximate surface area is 88.7 Å². The quantitative estimate of drug-likeness (QED) is 0.713. The van der Waals surface area contributed by atoms with Crippen molar-refractivity contribution in [3.05, 3.63) is 34.9 Å². The molecule has 0 saturated heterocycles. The minimum Gasteiger partial charge on any atom is -0.465 e. The first kappa shape index (κ1) is 10.2. The molecule has 1 aliphatic carbocycles. The largest absolute Gasteiger partial charge is 0.465 e. The van der Waals surface area contributed by atoms with Crippen LogP contribution >= 0.6 is 0 Å². The zero-order valence-corrected chi connectivity index (χ0v) is 8.69. The van der Waals surface area contributed by atoms with Gasteiger partial charge < -0.3 is 9.84 Å². The average molecular weight is 206 g/mol. The van der Waals surface area contributed by atoms with E-state index in [4.69, 9.17) is 0 Å². The van der Waals surface area contributed by atoms with Gasteiger partial charge in [-0.2, -0.15) is 0 Å². The predicted octanol–water partition coefficient (Wildman–Crippen LogP) is 1.84. The van der Waals surface area contributed by atoms with Gasteiger partial charge in [-0.3, -0.25) is 0 Å². The number of aryl methyl sites for hydroxylation is 1. The summed E-state index contributed by atoms with van der Waals surface area (Å²) in [6.45, 7) is 0. The highest BCUT2D eigenvalue weighted by Crippen LogP contribution is 2.30. The van der Waals surface area contributed by atoms with Crippen LogP contribution in [0.5, 0.6) is 0 Å². The molecule has 80 valence electrons. The van der Waals surface area contributed by atoms with Crippen LogP contribution in [0.25, 0.3) is 0 Å². The van der Waals surface area contributed by atoms with Crippen LogP contribution < -0.4 is 0 Å². The van der Waals surface area contributed by atoms with Crippen LogP contribution in [-0.2, 0) is 11.2 Å². The van der Waals surface area contributed by atoms with Gasteiger partial charge in [-0.25, -0.2) is 4.79 Å². The van der Waals surface area contributed by atoms with E-state index in [2.05, 4.69) is 4.74 Å². The number of ether oxygens (including phenoxy) is 1. The van der Waals surface area contributed by atoms with Crippen molar-refractivity contribution >= 4 is 5.97 Å². The van der Waals surface area contributed by atoms with Gasteiger partial charge >= 0.3 is 5.97 Å². The second-order valence-corrected chi connectivity index (χ2v) is 3.81. The Kier molecular flexibility index (Phi) is 2.73. The van der Waals surface area contributed by atoms with Gasteiger partial charge in [0.05, 0.1) is 18.8 Å². The number of carbonyl (C=O) groups excluding carboxylic acids is 1. The lowest BCUT2D eigenvalue weighted by Crippen LogP contribution is -2.11. The predicted molar refractivity (Wildman–Crippen MR) is 55.7 cm³/mol. The number of carbonyl (C=O) groups is 1. The number of hydrogen-bond acceptors (Lipinski definition) is 3. The molecule has 0 heterocycles. The molecule has 3 heteroatoms. The molecule has 1 N–H and O–H groups in total. The molecule has 3 nitrogen and oxygen atoms in total. The fraction of sp³-hybridized carbons (Fsp3) is 0.417. The second kappa shape index (κ2) is 4.03. The van der Waals surface area contributed by atoms with Crippen molar-refractivity contribution in [2.75, 3.05) is 7.11 Å². The summed E-state index contributed by atoms with van der Waals surface area (Å²) in [6.07, 6.45) is 2.33. The van der Waals surface area contributed by atoms with Crippen molar-refractivity contribution in [2.24, 2.45) is 0 Å². The van der Waals surface area contributed by atoms with Crippen LogP contribution in [0.1, 0.15) is 40.4 Å². The summed E-state index contributed by atoms with van der Waals surface area (Å²) in [6, 6.07) is 5.40. The van der Waals surface area contributed by atoms with Crippen LogP contribution in [0.3, 0.4) is 0 Å². The number of methoxy groups -OCH3 is 1. The Hall–Kier alpha value is -1.35. The third-order valence-electron chi connectivity index (χ3n) is 2.85. The standard InChI is InChI=1S/C12H14O3/c1-15-12(14)9-6-5-8-3-2-4-11(13)10(8)7-9/h5-7,11,13H,2-4H2,1H3/t11-/m0/s1. The van der Waals surface area contributed by atoms with Gasteiger partial charge in [0.2, 0.25) is 0 Å². The minimum atomic E-state index is -0.432. The molecule has 15 heavy (non-hydrogen) atoms. The summed E-state index contributed by atoms with van der Waals surface area (Å²) < 4.78 is 4.64. The van der Waals surface area contributed by atoms with Crippen LogP contribution in [0.15, 0.2) is 18.2 Å². The number of aliphatic hydroxyl groups excluding tert-OH is 1. The van der Waals surface area contributed by atoms with Gasteiger partial charge in [-0.15, -0.1) is 0 Å². The molecule has 2 rings (SSSR count). The molecule has 0 aliphatic heterocycles. The number of esters is 1. The zero-order valence-electron chi connectivity index (χ0n) is 8.69. The zero-order chi connectivity index (χ0) is 10.8. The summed E-state index contributed by atoms with van der Waals surface area (Å²) in [5.41, 5.74) is 2.53. The first-order chi connectivity index (χ1) is 7.22. The lowest BCUT2D eigenvalue weighted by Gasteiger charge is -2.21. The molecular formula is C12H14O3.